The SMILES string of the molecule is CC[C@H](C)NC(=O)C(=O)N/N=C\c1c(OC)ccc2ccccc12. The molecule has 2 rings (SSSR count). The molecule has 126 valence electrons. The van der Waals surface area contributed by atoms with Gasteiger partial charge in [0.15, 0.2) is 0 Å². The smallest absolute Gasteiger partial charge is 0.329 e. The van der Waals surface area contributed by atoms with Crippen molar-refractivity contribution >= 4 is 28.8 Å². The fourth-order valence-corrected chi connectivity index (χ4v) is 2.18. The molecule has 2 amide bonds. The summed E-state index contributed by atoms with van der Waals surface area (Å²) in [5.74, 6) is -0.868. The molecule has 2 aromatic carbocycles. The molecule has 6 nitrogen and oxygen atoms in total. The molecule has 0 saturated heterocycles. The molecule has 0 saturated carbocycles. The van der Waals surface area contributed by atoms with E-state index in [0.29, 0.717) is 5.75 Å². The van der Waals surface area contributed by atoms with E-state index in [4.69, 9.17) is 4.74 Å². The van der Waals surface area contributed by atoms with Gasteiger partial charge in [0, 0.05) is 11.6 Å². The van der Waals surface area contributed by atoms with Crippen molar-refractivity contribution in [2.75, 3.05) is 7.11 Å². The second-order valence-electron chi connectivity index (χ2n) is 5.38. The average Bonchev–Trinajstić information content (AvgIpc) is 2.61. The number of ether oxygens (including phenoxy) is 1. The minimum atomic E-state index is -0.800. The monoisotopic (exact) mass is 327 g/mol. The Bertz CT molecular complexity index is 771. The van der Waals surface area contributed by atoms with E-state index in [-0.39, 0.29) is 6.04 Å². The zero-order valence-electron chi connectivity index (χ0n) is 14.0. The Balaban J connectivity index is 2.16. The van der Waals surface area contributed by atoms with Crippen molar-refractivity contribution in [1.29, 1.82) is 0 Å². The highest BCUT2D eigenvalue weighted by molar-refractivity contribution is 6.35. The topological polar surface area (TPSA) is 79.8 Å². The number of nitrogens with one attached hydrogen (secondary N) is 2. The predicted molar refractivity (Wildman–Crippen MR) is 94.1 cm³/mol. The molecule has 0 fully saturated rings. The van der Waals surface area contributed by atoms with Gasteiger partial charge in [0.25, 0.3) is 0 Å². The van der Waals surface area contributed by atoms with Gasteiger partial charge in [-0.15, -0.1) is 0 Å². The summed E-state index contributed by atoms with van der Waals surface area (Å²) in [4.78, 5) is 23.4. The van der Waals surface area contributed by atoms with E-state index in [0.717, 1.165) is 22.8 Å². The van der Waals surface area contributed by atoms with Crippen LogP contribution in [0.2, 0.25) is 0 Å². The molecule has 0 aliphatic rings. The largest absolute Gasteiger partial charge is 0.496 e. The van der Waals surface area contributed by atoms with Crippen LogP contribution in [0.4, 0.5) is 0 Å². The van der Waals surface area contributed by atoms with Crippen molar-refractivity contribution < 1.29 is 14.3 Å². The summed E-state index contributed by atoms with van der Waals surface area (Å²) >= 11 is 0. The molecule has 0 bridgehead atoms. The van der Waals surface area contributed by atoms with Crippen molar-refractivity contribution in [3.63, 3.8) is 0 Å². The Labute approximate surface area is 140 Å². The highest BCUT2D eigenvalue weighted by Gasteiger charge is 2.14. The molecular formula is C18H21N3O3. The number of nitrogens with zero attached hydrogens (tertiary/aromatic N) is 1. The number of rotatable bonds is 5. The summed E-state index contributed by atoms with van der Waals surface area (Å²) < 4.78 is 5.34. The maximum absolute atomic E-state index is 11.7. The highest BCUT2D eigenvalue weighted by Crippen LogP contribution is 2.26. The number of benzene rings is 2. The first-order valence-electron chi connectivity index (χ1n) is 7.76. The van der Waals surface area contributed by atoms with E-state index < -0.39 is 11.8 Å². The summed E-state index contributed by atoms with van der Waals surface area (Å²) in [5.41, 5.74) is 2.97. The van der Waals surface area contributed by atoms with E-state index >= 15 is 0 Å². The van der Waals surface area contributed by atoms with Crippen molar-refractivity contribution in [3.05, 3.63) is 42.0 Å². The summed E-state index contributed by atoms with van der Waals surface area (Å²) in [5, 5.41) is 8.44. The zero-order valence-corrected chi connectivity index (χ0v) is 14.0. The Morgan fingerprint density at radius 3 is 2.67 bits per heavy atom. The molecule has 0 radical (unpaired) electrons. The van der Waals surface area contributed by atoms with E-state index in [1.807, 2.05) is 50.2 Å². The first-order chi connectivity index (χ1) is 11.6. The van der Waals surface area contributed by atoms with Crippen molar-refractivity contribution in [3.8, 4) is 5.75 Å². The van der Waals surface area contributed by atoms with E-state index in [1.165, 1.54) is 6.21 Å². The second-order valence-corrected chi connectivity index (χ2v) is 5.38. The Morgan fingerprint density at radius 2 is 1.96 bits per heavy atom. The number of methoxy groups -OCH3 is 1. The normalized spacial score (nSPS) is 12.1. The second kappa shape index (κ2) is 8.10. The summed E-state index contributed by atoms with van der Waals surface area (Å²) in [6.07, 6.45) is 2.23. The lowest BCUT2D eigenvalue weighted by atomic mass is 10.0. The van der Waals surface area contributed by atoms with E-state index in [9.17, 15) is 9.59 Å². The maximum atomic E-state index is 11.7. The molecule has 0 heterocycles. The van der Waals surface area contributed by atoms with Gasteiger partial charge >= 0.3 is 11.8 Å². The van der Waals surface area contributed by atoms with Crippen LogP contribution in [0, 0.1) is 0 Å². The quantitative estimate of drug-likeness (QED) is 0.502. The number of carbonyl (C=O) groups excluding carboxylic acids is 2. The van der Waals surface area contributed by atoms with Gasteiger partial charge in [-0.05, 0) is 30.2 Å². The van der Waals surface area contributed by atoms with Crippen LogP contribution in [0.5, 0.6) is 5.75 Å². The zero-order chi connectivity index (χ0) is 17.5. The molecule has 0 aliphatic carbocycles. The molecule has 0 aromatic heterocycles. The van der Waals surface area contributed by atoms with Gasteiger partial charge in [-0.25, -0.2) is 5.43 Å². The van der Waals surface area contributed by atoms with Gasteiger partial charge in [-0.3, -0.25) is 9.59 Å². The molecule has 2 N–H and O–H groups in total. The van der Waals surface area contributed by atoms with Crippen LogP contribution in [-0.2, 0) is 9.59 Å². The molecule has 24 heavy (non-hydrogen) atoms. The van der Waals surface area contributed by atoms with Gasteiger partial charge in [0.05, 0.1) is 13.3 Å². The third kappa shape index (κ3) is 4.10. The number of hydrogen-bond donors (Lipinski definition) is 2. The van der Waals surface area contributed by atoms with Gasteiger partial charge < -0.3 is 10.1 Å². The minimum absolute atomic E-state index is 0.0645. The van der Waals surface area contributed by atoms with Crippen LogP contribution in [0.25, 0.3) is 10.8 Å². The standard InChI is InChI=1S/C18H21N3O3/c1-4-12(2)20-17(22)18(23)21-19-11-15-14-8-6-5-7-13(14)9-10-16(15)24-3/h5-12H,4H2,1-3H3,(H,20,22)(H,21,23)/b19-11-/t12-/m0/s1. The van der Waals surface area contributed by atoms with Crippen molar-refractivity contribution in [2.24, 2.45) is 5.10 Å². The van der Waals surface area contributed by atoms with Crippen LogP contribution >= 0.6 is 0 Å². The number of fused-ring (bicyclic) bond motifs is 1. The predicted octanol–water partition coefficient (Wildman–Crippen LogP) is 2.21. The van der Waals surface area contributed by atoms with E-state index in [2.05, 4.69) is 15.8 Å². The van der Waals surface area contributed by atoms with Crippen LogP contribution in [0.3, 0.4) is 0 Å². The maximum Gasteiger partial charge on any atom is 0.329 e. The Kier molecular flexibility index (Phi) is 5.89. The van der Waals surface area contributed by atoms with Crippen LogP contribution in [-0.4, -0.2) is 31.2 Å². The minimum Gasteiger partial charge on any atom is -0.496 e. The summed E-state index contributed by atoms with van der Waals surface area (Å²) in [7, 11) is 1.57. The first kappa shape index (κ1) is 17.5. The molecule has 0 unspecified atom stereocenters. The lowest BCUT2D eigenvalue weighted by Crippen LogP contribution is -2.41. The lowest BCUT2D eigenvalue weighted by Gasteiger charge is -2.10. The summed E-state index contributed by atoms with van der Waals surface area (Å²) in [6.45, 7) is 3.75. The molecular weight excluding hydrogens is 306 g/mol. The van der Waals surface area contributed by atoms with Crippen molar-refractivity contribution in [1.82, 2.24) is 10.7 Å². The van der Waals surface area contributed by atoms with Gasteiger partial charge in [0.2, 0.25) is 0 Å². The molecule has 2 aromatic rings. The number of hydrogen-bond acceptors (Lipinski definition) is 4. The van der Waals surface area contributed by atoms with E-state index in [1.54, 1.807) is 7.11 Å². The third-order valence-corrected chi connectivity index (χ3v) is 3.71. The molecule has 0 spiro atoms. The number of carbonyl (C=O) groups is 2. The van der Waals surface area contributed by atoms with Crippen LogP contribution < -0.4 is 15.5 Å². The van der Waals surface area contributed by atoms with Crippen molar-refractivity contribution in [2.45, 2.75) is 26.3 Å². The number of amides is 2. The molecule has 1 atom stereocenters. The number of hydrazone groups is 1. The van der Waals surface area contributed by atoms with Crippen LogP contribution in [0.1, 0.15) is 25.8 Å². The third-order valence-electron chi connectivity index (χ3n) is 3.71. The molecule has 6 heteroatoms. The van der Waals surface area contributed by atoms with Gasteiger partial charge in [0.1, 0.15) is 5.75 Å². The van der Waals surface area contributed by atoms with Crippen LogP contribution in [0.15, 0.2) is 41.5 Å². The Morgan fingerprint density at radius 1 is 1.21 bits per heavy atom. The summed E-state index contributed by atoms with van der Waals surface area (Å²) in [6, 6.07) is 11.5. The average molecular weight is 327 g/mol. The first-order valence-corrected chi connectivity index (χ1v) is 7.76. The fraction of sp³-hybridized carbons (Fsp3) is 0.278. The molecule has 0 aliphatic heterocycles. The lowest BCUT2D eigenvalue weighted by molar-refractivity contribution is -0.139. The Hall–Kier alpha value is -2.89. The highest BCUT2D eigenvalue weighted by atomic mass is 16.5. The van der Waals surface area contributed by atoms with Gasteiger partial charge in [-0.2, -0.15) is 5.10 Å². The fourth-order valence-electron chi connectivity index (χ4n) is 2.18. The van der Waals surface area contributed by atoms with Gasteiger partial charge in [-0.1, -0.05) is 37.3 Å².